The van der Waals surface area contributed by atoms with E-state index in [0.717, 1.165) is 43.2 Å². The summed E-state index contributed by atoms with van der Waals surface area (Å²) in [5, 5.41) is 13.4. The van der Waals surface area contributed by atoms with Crippen LogP contribution in [0.15, 0.2) is 54.6 Å². The first kappa shape index (κ1) is 19.4. The van der Waals surface area contributed by atoms with Crippen molar-refractivity contribution in [3.63, 3.8) is 0 Å². The molecule has 29 heavy (non-hydrogen) atoms. The molecule has 4 rings (SSSR count). The summed E-state index contributed by atoms with van der Waals surface area (Å²) in [7, 11) is 0. The first-order valence-electron chi connectivity index (χ1n) is 10.1. The molecular weight excluding hydrogens is 376 g/mol. The summed E-state index contributed by atoms with van der Waals surface area (Å²) in [6.07, 6.45) is 4.72. The zero-order chi connectivity index (χ0) is 20.2. The van der Waals surface area contributed by atoms with E-state index < -0.39 is 0 Å². The monoisotopic (exact) mass is 400 g/mol. The van der Waals surface area contributed by atoms with E-state index in [9.17, 15) is 10.1 Å². The number of hydrogen-bond donors (Lipinski definition) is 1. The van der Waals surface area contributed by atoms with Crippen LogP contribution in [-0.2, 0) is 25.7 Å². The second-order valence-corrected chi connectivity index (χ2v) is 8.87. The van der Waals surface area contributed by atoms with Gasteiger partial charge in [-0.15, -0.1) is 11.3 Å². The minimum Gasteiger partial charge on any atom is -0.312 e. The Balaban J connectivity index is 1.55. The van der Waals surface area contributed by atoms with Crippen LogP contribution in [0, 0.1) is 17.2 Å². The molecule has 0 bridgehead atoms. The SMILES string of the molecule is C[C@@H]1CCc2c(sc(NC(=O)c3ccccc3CCc3ccccc3)c2C#N)C1. The van der Waals surface area contributed by atoms with Gasteiger partial charge in [0.2, 0.25) is 0 Å². The van der Waals surface area contributed by atoms with Gasteiger partial charge in [0.15, 0.2) is 0 Å². The number of carbonyl (C=O) groups is 1. The summed E-state index contributed by atoms with van der Waals surface area (Å²) in [4.78, 5) is 14.3. The summed E-state index contributed by atoms with van der Waals surface area (Å²) in [5.41, 5.74) is 4.78. The summed E-state index contributed by atoms with van der Waals surface area (Å²) >= 11 is 1.57. The molecule has 4 heteroatoms. The maximum absolute atomic E-state index is 13.1. The molecule has 3 nitrogen and oxygen atoms in total. The predicted octanol–water partition coefficient (Wildman–Crippen LogP) is 5.78. The average Bonchev–Trinajstić information content (AvgIpc) is 3.09. The van der Waals surface area contributed by atoms with E-state index >= 15 is 0 Å². The molecule has 3 aromatic rings. The van der Waals surface area contributed by atoms with E-state index in [1.165, 1.54) is 10.4 Å². The van der Waals surface area contributed by atoms with Gasteiger partial charge in [0.1, 0.15) is 11.1 Å². The van der Waals surface area contributed by atoms with Gasteiger partial charge in [-0.2, -0.15) is 5.26 Å². The van der Waals surface area contributed by atoms with Gasteiger partial charge in [-0.25, -0.2) is 0 Å². The third kappa shape index (κ3) is 4.26. The van der Waals surface area contributed by atoms with Crippen molar-refractivity contribution in [3.05, 3.63) is 87.3 Å². The summed E-state index contributed by atoms with van der Waals surface area (Å²) < 4.78 is 0. The van der Waals surface area contributed by atoms with Gasteiger partial charge in [0, 0.05) is 10.4 Å². The number of amides is 1. The lowest BCUT2D eigenvalue weighted by molar-refractivity contribution is 0.102. The van der Waals surface area contributed by atoms with Crippen LogP contribution in [0.25, 0.3) is 0 Å². The highest BCUT2D eigenvalue weighted by atomic mass is 32.1. The summed E-state index contributed by atoms with van der Waals surface area (Å²) in [5.74, 6) is 0.506. The molecule has 146 valence electrons. The van der Waals surface area contributed by atoms with E-state index in [1.807, 2.05) is 42.5 Å². The number of benzene rings is 2. The highest BCUT2D eigenvalue weighted by Crippen LogP contribution is 2.39. The minimum atomic E-state index is -0.128. The Hall–Kier alpha value is -2.90. The van der Waals surface area contributed by atoms with Crippen molar-refractivity contribution in [1.29, 1.82) is 5.26 Å². The zero-order valence-corrected chi connectivity index (χ0v) is 17.4. The molecule has 2 aromatic carbocycles. The molecule has 0 radical (unpaired) electrons. The number of carbonyl (C=O) groups excluding carboxylic acids is 1. The minimum absolute atomic E-state index is 0.128. The largest absolute Gasteiger partial charge is 0.312 e. The highest BCUT2D eigenvalue weighted by molar-refractivity contribution is 7.16. The predicted molar refractivity (Wildman–Crippen MR) is 118 cm³/mol. The number of aryl methyl sites for hydroxylation is 2. The molecule has 1 amide bonds. The van der Waals surface area contributed by atoms with E-state index in [1.54, 1.807) is 11.3 Å². The van der Waals surface area contributed by atoms with Gasteiger partial charge in [0.25, 0.3) is 5.91 Å². The van der Waals surface area contributed by atoms with Crippen LogP contribution < -0.4 is 5.32 Å². The normalized spacial score (nSPS) is 15.4. The van der Waals surface area contributed by atoms with Gasteiger partial charge in [-0.3, -0.25) is 4.79 Å². The second kappa shape index (κ2) is 8.63. The molecule has 1 N–H and O–H groups in total. The van der Waals surface area contributed by atoms with Crippen LogP contribution in [0.4, 0.5) is 5.00 Å². The number of anilines is 1. The molecule has 1 aliphatic rings. The van der Waals surface area contributed by atoms with Gasteiger partial charge < -0.3 is 5.32 Å². The van der Waals surface area contributed by atoms with Crippen molar-refractivity contribution in [2.45, 2.75) is 39.0 Å². The van der Waals surface area contributed by atoms with Crippen LogP contribution in [0.2, 0.25) is 0 Å². The topological polar surface area (TPSA) is 52.9 Å². The fraction of sp³-hybridized carbons (Fsp3) is 0.280. The number of rotatable bonds is 5. The van der Waals surface area contributed by atoms with Crippen molar-refractivity contribution >= 4 is 22.2 Å². The molecule has 1 atom stereocenters. The van der Waals surface area contributed by atoms with E-state index in [4.69, 9.17) is 0 Å². The van der Waals surface area contributed by atoms with Crippen molar-refractivity contribution < 1.29 is 4.79 Å². The number of fused-ring (bicyclic) bond motifs is 1. The van der Waals surface area contributed by atoms with Crippen molar-refractivity contribution in [2.24, 2.45) is 5.92 Å². The molecule has 0 aliphatic heterocycles. The standard InChI is InChI=1S/C25H24N2OS/c1-17-11-14-21-22(16-26)25(29-23(21)15-17)27-24(28)20-10-6-5-9-19(20)13-12-18-7-3-2-4-8-18/h2-10,17H,11-15H2,1H3,(H,27,28)/t17-/m1/s1. The van der Waals surface area contributed by atoms with Crippen LogP contribution in [0.1, 0.15) is 50.8 Å². The van der Waals surface area contributed by atoms with Gasteiger partial charge >= 0.3 is 0 Å². The number of nitrogens with zero attached hydrogens (tertiary/aromatic N) is 1. The molecule has 0 unspecified atom stereocenters. The smallest absolute Gasteiger partial charge is 0.256 e. The van der Waals surface area contributed by atoms with Gasteiger partial charge in [-0.05, 0) is 60.8 Å². The molecule has 0 spiro atoms. The zero-order valence-electron chi connectivity index (χ0n) is 16.6. The number of nitrogens with one attached hydrogen (secondary N) is 1. The van der Waals surface area contributed by atoms with E-state index in [2.05, 4.69) is 30.4 Å². The second-order valence-electron chi connectivity index (χ2n) is 7.76. The molecule has 1 heterocycles. The molecule has 0 fully saturated rings. The Kier molecular flexibility index (Phi) is 5.78. The fourth-order valence-corrected chi connectivity index (χ4v) is 5.37. The van der Waals surface area contributed by atoms with Crippen LogP contribution >= 0.6 is 11.3 Å². The lowest BCUT2D eigenvalue weighted by atomic mass is 9.88. The third-order valence-corrected chi connectivity index (χ3v) is 6.81. The lowest BCUT2D eigenvalue weighted by Crippen LogP contribution is -2.14. The maximum atomic E-state index is 13.1. The molecule has 1 aliphatic carbocycles. The van der Waals surface area contributed by atoms with Crippen LogP contribution in [0.5, 0.6) is 0 Å². The number of hydrogen-bond acceptors (Lipinski definition) is 3. The average molecular weight is 401 g/mol. The number of thiophene rings is 1. The van der Waals surface area contributed by atoms with Crippen LogP contribution in [0.3, 0.4) is 0 Å². The Labute approximate surface area is 176 Å². The molecule has 0 saturated carbocycles. The first-order chi connectivity index (χ1) is 14.2. The Morgan fingerprint density at radius 2 is 1.90 bits per heavy atom. The fourth-order valence-electron chi connectivity index (χ4n) is 4.01. The molecular formula is C25H24N2OS. The molecule has 0 saturated heterocycles. The van der Waals surface area contributed by atoms with E-state index in [0.29, 0.717) is 22.0 Å². The molecule has 1 aromatic heterocycles. The summed E-state index contributed by atoms with van der Waals surface area (Å²) in [6, 6.07) is 20.4. The first-order valence-corrected chi connectivity index (χ1v) is 10.9. The Morgan fingerprint density at radius 3 is 2.69 bits per heavy atom. The van der Waals surface area contributed by atoms with Crippen LogP contribution in [-0.4, -0.2) is 5.91 Å². The number of nitriles is 1. The van der Waals surface area contributed by atoms with E-state index in [-0.39, 0.29) is 5.91 Å². The highest BCUT2D eigenvalue weighted by Gasteiger charge is 2.25. The maximum Gasteiger partial charge on any atom is 0.256 e. The Morgan fingerprint density at radius 1 is 1.14 bits per heavy atom. The van der Waals surface area contributed by atoms with Gasteiger partial charge in [0.05, 0.1) is 5.56 Å². The Bertz CT molecular complexity index is 1060. The van der Waals surface area contributed by atoms with Crippen molar-refractivity contribution in [2.75, 3.05) is 5.32 Å². The third-order valence-electron chi connectivity index (χ3n) is 5.64. The van der Waals surface area contributed by atoms with Gasteiger partial charge in [-0.1, -0.05) is 55.5 Å². The van der Waals surface area contributed by atoms with Crippen molar-refractivity contribution in [1.82, 2.24) is 0 Å². The summed E-state index contributed by atoms with van der Waals surface area (Å²) in [6.45, 7) is 2.25. The van der Waals surface area contributed by atoms with Crippen molar-refractivity contribution in [3.8, 4) is 6.07 Å². The quantitative estimate of drug-likeness (QED) is 0.590. The lowest BCUT2D eigenvalue weighted by Gasteiger charge is -2.17.